The fourth-order valence-corrected chi connectivity index (χ4v) is 10.1. The first-order chi connectivity index (χ1) is 31.0. The van der Waals surface area contributed by atoms with Gasteiger partial charge in [0.1, 0.15) is 12.2 Å². The maximum Gasteiger partial charge on any atom is 0.331 e. The van der Waals surface area contributed by atoms with Crippen LogP contribution in [-0.4, -0.2) is 96.1 Å². The van der Waals surface area contributed by atoms with E-state index in [4.69, 9.17) is 47.4 Å². The van der Waals surface area contributed by atoms with E-state index in [1.165, 1.54) is 13.0 Å². The summed E-state index contributed by atoms with van der Waals surface area (Å²) in [7, 11) is 0. The third-order valence-corrected chi connectivity index (χ3v) is 12.5. The largest absolute Gasteiger partial charge is 0.458 e. The molecule has 5 aliphatic heterocycles. The summed E-state index contributed by atoms with van der Waals surface area (Å²) in [4.78, 5) is 25.3. The van der Waals surface area contributed by atoms with Crippen molar-refractivity contribution < 1.29 is 57.0 Å². The third kappa shape index (κ3) is 18.0. The number of carbonyl (C=O) groups is 2. The minimum atomic E-state index is -0.877. The van der Waals surface area contributed by atoms with Crippen molar-refractivity contribution in [3.8, 4) is 0 Å². The summed E-state index contributed by atoms with van der Waals surface area (Å²) in [6.07, 6.45) is 29.8. The van der Waals surface area contributed by atoms with Crippen molar-refractivity contribution in [2.45, 2.75) is 226 Å². The van der Waals surface area contributed by atoms with E-state index in [-0.39, 0.29) is 72.6 Å². The lowest BCUT2D eigenvalue weighted by atomic mass is 9.87. The van der Waals surface area contributed by atoms with Gasteiger partial charge < -0.3 is 47.4 Å². The third-order valence-electron chi connectivity index (χ3n) is 12.5. The Morgan fingerprint density at radius 2 is 0.939 bits per heavy atom. The number of allylic oxidation sites excluding steroid dienone is 10. The molecule has 0 saturated carbocycles. The molecule has 66 heavy (non-hydrogen) atoms. The SMILES string of the molecule is CC(=O)O[C@H]1/C=C\[C@H](C)[C@H](C(C)C)OC(=O)\C=C/C=C/C=C/C=C/C=C/C=C/C[C@@H]2OC(C)(C)O[C@H](C[C@H]3C[C@@H](C[C@@H]4C[C@@H](C[C@@H]5C[C@H](C1)OC(C)(C)O5)OC(C)(C)O4)OC(C)(C)O3)[C@H]2C. The molecule has 0 spiro atoms. The van der Waals surface area contributed by atoms with Gasteiger partial charge >= 0.3 is 11.9 Å². The Balaban J connectivity index is 1.37. The standard InChI is InChI=1S/C54H82O12/c1-36(2)50-37(3)27-28-40(57-39(5)55)29-41-30-42(60-51(6,7)59-41)31-43-32-44(62-52(8,9)61-43)33-45-34-46(64-53(10,11)63-45)35-48-38(4)47(65-54(12,13)66-48)25-23-21-19-17-15-14-16-18-20-22-24-26-49(56)58-50/h14-24,26-28,36-38,40-48,50H,25,29-35H2,1-13H3/b15-14+,18-16+,19-17+,22-20+,23-21+,26-24-,28-27-/t37-,38-,40-,41-,42-,43+,44-,45+,46+,47-,48+,50-/m0/s1. The minimum Gasteiger partial charge on any atom is -0.458 e. The van der Waals surface area contributed by atoms with Crippen molar-refractivity contribution in [3.05, 3.63) is 85.1 Å². The van der Waals surface area contributed by atoms with Gasteiger partial charge in [-0.1, -0.05) is 101 Å². The van der Waals surface area contributed by atoms with E-state index < -0.39 is 41.3 Å². The maximum atomic E-state index is 12.9. The Kier molecular flexibility index (Phi) is 19.5. The highest BCUT2D eigenvalue weighted by molar-refractivity contribution is 5.82. The van der Waals surface area contributed by atoms with Crippen LogP contribution in [0.15, 0.2) is 85.1 Å². The number of cyclic esters (lactones) is 1. The van der Waals surface area contributed by atoms with E-state index >= 15 is 0 Å². The molecule has 0 amide bonds. The molecule has 0 N–H and O–H groups in total. The van der Waals surface area contributed by atoms with Crippen LogP contribution in [-0.2, 0) is 57.0 Å². The van der Waals surface area contributed by atoms with Crippen molar-refractivity contribution in [1.29, 1.82) is 0 Å². The molecule has 0 aliphatic carbocycles. The first kappa shape index (κ1) is 53.8. The summed E-state index contributed by atoms with van der Waals surface area (Å²) in [6, 6.07) is 0. The molecule has 5 heterocycles. The monoisotopic (exact) mass is 923 g/mol. The predicted molar refractivity (Wildman–Crippen MR) is 255 cm³/mol. The van der Waals surface area contributed by atoms with E-state index in [0.717, 1.165) is 12.8 Å². The Hall–Kier alpha value is -3.20. The molecule has 370 valence electrons. The van der Waals surface area contributed by atoms with Gasteiger partial charge in [0, 0.05) is 69.8 Å². The van der Waals surface area contributed by atoms with Gasteiger partial charge in [0.2, 0.25) is 0 Å². The number of ether oxygens (including phenoxy) is 10. The number of rotatable bonds is 2. The van der Waals surface area contributed by atoms with Crippen LogP contribution in [0.5, 0.6) is 0 Å². The van der Waals surface area contributed by atoms with E-state index in [0.29, 0.717) is 38.5 Å². The predicted octanol–water partition coefficient (Wildman–Crippen LogP) is 10.9. The van der Waals surface area contributed by atoms with Crippen LogP contribution in [0, 0.1) is 17.8 Å². The Bertz CT molecular complexity index is 1780. The second-order valence-electron chi connectivity index (χ2n) is 21.0. The fourth-order valence-electron chi connectivity index (χ4n) is 10.1. The molecule has 0 aromatic rings. The number of fused-ring (bicyclic) bond motifs is 8. The highest BCUT2D eigenvalue weighted by Gasteiger charge is 2.46. The zero-order valence-corrected chi connectivity index (χ0v) is 42.1. The van der Waals surface area contributed by atoms with E-state index in [9.17, 15) is 9.59 Å². The van der Waals surface area contributed by atoms with Gasteiger partial charge in [0.25, 0.3) is 0 Å². The maximum absolute atomic E-state index is 12.9. The summed E-state index contributed by atoms with van der Waals surface area (Å²) in [6.45, 7) is 25.4. The molecule has 0 aromatic heterocycles. The van der Waals surface area contributed by atoms with Crippen molar-refractivity contribution >= 4 is 11.9 Å². The van der Waals surface area contributed by atoms with E-state index in [2.05, 4.69) is 13.0 Å². The molecule has 0 aromatic carbocycles. The molecule has 5 aliphatic rings. The minimum absolute atomic E-state index is 0.0207. The Morgan fingerprint density at radius 1 is 0.545 bits per heavy atom. The van der Waals surface area contributed by atoms with Crippen LogP contribution in [0.1, 0.15) is 141 Å². The van der Waals surface area contributed by atoms with Gasteiger partial charge in [-0.25, -0.2) is 4.79 Å². The van der Waals surface area contributed by atoms with Crippen LogP contribution < -0.4 is 0 Å². The summed E-state index contributed by atoms with van der Waals surface area (Å²) in [5, 5.41) is 0. The molecule has 12 heteroatoms. The first-order valence-corrected chi connectivity index (χ1v) is 24.4. The molecule has 12 atom stereocenters. The molecule has 0 unspecified atom stereocenters. The number of hydrogen-bond donors (Lipinski definition) is 0. The summed E-state index contributed by atoms with van der Waals surface area (Å²) < 4.78 is 64.2. The van der Waals surface area contributed by atoms with Gasteiger partial charge in [-0.05, 0) is 73.8 Å². The highest BCUT2D eigenvalue weighted by Crippen LogP contribution is 2.41. The average Bonchev–Trinajstić information content (AvgIpc) is 3.16. The van der Waals surface area contributed by atoms with Crippen LogP contribution in [0.25, 0.3) is 0 Å². The molecule has 4 fully saturated rings. The lowest BCUT2D eigenvalue weighted by Crippen LogP contribution is -2.53. The van der Waals surface area contributed by atoms with Crippen molar-refractivity contribution in [3.63, 3.8) is 0 Å². The van der Waals surface area contributed by atoms with Gasteiger partial charge in [0.05, 0.1) is 48.8 Å². The van der Waals surface area contributed by atoms with Gasteiger partial charge in [-0.15, -0.1) is 0 Å². The van der Waals surface area contributed by atoms with Gasteiger partial charge in [-0.2, -0.15) is 0 Å². The molecular formula is C54H82O12. The second kappa shape index (κ2) is 23.9. The molecule has 12 nitrogen and oxygen atoms in total. The van der Waals surface area contributed by atoms with Crippen LogP contribution in [0.3, 0.4) is 0 Å². The van der Waals surface area contributed by atoms with E-state index in [1.807, 2.05) is 137 Å². The van der Waals surface area contributed by atoms with E-state index in [1.54, 1.807) is 12.2 Å². The van der Waals surface area contributed by atoms with Crippen LogP contribution in [0.4, 0.5) is 0 Å². The smallest absolute Gasteiger partial charge is 0.331 e. The molecular weight excluding hydrogens is 841 g/mol. The van der Waals surface area contributed by atoms with Crippen molar-refractivity contribution in [2.24, 2.45) is 17.8 Å². The lowest BCUT2D eigenvalue weighted by Gasteiger charge is -2.48. The highest BCUT2D eigenvalue weighted by atomic mass is 16.7. The quantitative estimate of drug-likeness (QED) is 0.193. The zero-order valence-electron chi connectivity index (χ0n) is 42.1. The Labute approximate surface area is 396 Å². The number of carbonyl (C=O) groups excluding carboxylic acids is 2. The summed E-state index contributed by atoms with van der Waals surface area (Å²) in [5.41, 5.74) is 0. The van der Waals surface area contributed by atoms with Gasteiger partial charge in [0.15, 0.2) is 23.1 Å². The average molecular weight is 923 g/mol. The fraction of sp³-hybridized carbons (Fsp3) is 0.704. The lowest BCUT2D eigenvalue weighted by molar-refractivity contribution is -0.343. The summed E-state index contributed by atoms with van der Waals surface area (Å²) >= 11 is 0. The number of esters is 2. The second-order valence-corrected chi connectivity index (χ2v) is 21.0. The zero-order chi connectivity index (χ0) is 48.3. The number of hydrogen-bond acceptors (Lipinski definition) is 12. The molecule has 0 radical (unpaired) electrons. The van der Waals surface area contributed by atoms with Crippen molar-refractivity contribution in [1.82, 2.24) is 0 Å². The first-order valence-electron chi connectivity index (χ1n) is 24.4. The normalized spacial score (nSPS) is 40.3. The topological polar surface area (TPSA) is 126 Å². The molecule has 4 saturated heterocycles. The Morgan fingerprint density at radius 3 is 1.39 bits per heavy atom. The van der Waals surface area contributed by atoms with Crippen molar-refractivity contribution in [2.75, 3.05) is 0 Å². The van der Waals surface area contributed by atoms with Gasteiger partial charge in [-0.3, -0.25) is 4.79 Å². The molecule has 5 rings (SSSR count). The van der Waals surface area contributed by atoms with Crippen LogP contribution >= 0.6 is 0 Å². The van der Waals surface area contributed by atoms with Crippen LogP contribution in [0.2, 0.25) is 0 Å². The molecule has 8 bridgehead atoms. The summed E-state index contributed by atoms with van der Waals surface area (Å²) in [5.74, 6) is -4.01.